The Balaban J connectivity index is 2.06. The summed E-state index contributed by atoms with van der Waals surface area (Å²) in [5.41, 5.74) is 0.266. The number of benzene rings is 1. The lowest BCUT2D eigenvalue weighted by atomic mass is 10.1. The van der Waals surface area contributed by atoms with Crippen LogP contribution in [0.4, 0.5) is 13.2 Å². The van der Waals surface area contributed by atoms with Gasteiger partial charge in [0.2, 0.25) is 0 Å². The molecule has 3 rings (SSSR count). The quantitative estimate of drug-likeness (QED) is 0.913. The van der Waals surface area contributed by atoms with Crippen LogP contribution in [-0.4, -0.2) is 16.1 Å². The Hall–Kier alpha value is -1.89. The van der Waals surface area contributed by atoms with Crippen LogP contribution in [0.2, 0.25) is 0 Å². The summed E-state index contributed by atoms with van der Waals surface area (Å²) < 4.78 is 38.5. The number of halogens is 3. The zero-order valence-electron chi connectivity index (χ0n) is 10.6. The molecular formula is C14H10F3NO2S. The van der Waals surface area contributed by atoms with Gasteiger partial charge in [-0.05, 0) is 30.4 Å². The normalized spacial score (nSPS) is 15.2. The molecule has 0 spiro atoms. The molecule has 1 aliphatic rings. The summed E-state index contributed by atoms with van der Waals surface area (Å²) in [5.74, 6) is -1.14. The molecule has 110 valence electrons. The van der Waals surface area contributed by atoms with Crippen molar-refractivity contribution < 1.29 is 23.1 Å². The molecule has 1 aromatic carbocycles. The fraction of sp³-hybridized carbons (Fsp3) is 0.286. The van der Waals surface area contributed by atoms with Gasteiger partial charge in [0.15, 0.2) is 5.69 Å². The second kappa shape index (κ2) is 4.84. The maximum atomic E-state index is 12.8. The van der Waals surface area contributed by atoms with Crippen molar-refractivity contribution in [1.82, 2.24) is 4.98 Å². The number of nitrogens with zero attached hydrogens (tertiary/aromatic N) is 1. The standard InChI is InChI=1S/C14H10F3NO2S/c15-14(16,17)11-10(13(19)20)21-12(18-11)9-3-1-2-8(6-9)7-4-5-7/h1-3,6-7H,4-5H2,(H,19,20). The van der Waals surface area contributed by atoms with Gasteiger partial charge in [0, 0.05) is 5.56 Å². The molecule has 0 amide bonds. The molecule has 0 saturated heterocycles. The smallest absolute Gasteiger partial charge is 0.435 e. The van der Waals surface area contributed by atoms with Crippen LogP contribution in [0, 0.1) is 0 Å². The molecule has 0 radical (unpaired) electrons. The van der Waals surface area contributed by atoms with Crippen molar-refractivity contribution in [3.63, 3.8) is 0 Å². The predicted molar refractivity (Wildman–Crippen MR) is 71.5 cm³/mol. The predicted octanol–water partition coefficient (Wildman–Crippen LogP) is 4.40. The number of thiazole rings is 1. The molecule has 1 aliphatic carbocycles. The Morgan fingerprint density at radius 2 is 2.05 bits per heavy atom. The molecule has 7 heteroatoms. The minimum atomic E-state index is -4.77. The largest absolute Gasteiger partial charge is 0.477 e. The van der Waals surface area contributed by atoms with Crippen LogP contribution in [0.25, 0.3) is 10.6 Å². The highest BCUT2D eigenvalue weighted by molar-refractivity contribution is 7.17. The van der Waals surface area contributed by atoms with Crippen LogP contribution in [0.3, 0.4) is 0 Å². The van der Waals surface area contributed by atoms with Crippen molar-refractivity contribution in [3.05, 3.63) is 40.4 Å². The molecule has 0 aliphatic heterocycles. The fourth-order valence-electron chi connectivity index (χ4n) is 2.12. The first-order chi connectivity index (χ1) is 9.86. The van der Waals surface area contributed by atoms with Gasteiger partial charge in [0.05, 0.1) is 0 Å². The van der Waals surface area contributed by atoms with E-state index in [9.17, 15) is 18.0 Å². The van der Waals surface area contributed by atoms with E-state index in [4.69, 9.17) is 5.11 Å². The number of carbonyl (C=O) groups is 1. The average molecular weight is 313 g/mol. The summed E-state index contributed by atoms with van der Waals surface area (Å²) in [7, 11) is 0. The van der Waals surface area contributed by atoms with Crippen molar-refractivity contribution in [3.8, 4) is 10.6 Å². The van der Waals surface area contributed by atoms with Crippen LogP contribution in [0.5, 0.6) is 0 Å². The van der Waals surface area contributed by atoms with E-state index in [0.29, 0.717) is 22.8 Å². The number of carboxylic acids is 1. The van der Waals surface area contributed by atoms with Gasteiger partial charge in [-0.3, -0.25) is 0 Å². The molecule has 21 heavy (non-hydrogen) atoms. The van der Waals surface area contributed by atoms with Gasteiger partial charge in [-0.2, -0.15) is 13.2 Å². The van der Waals surface area contributed by atoms with Crippen molar-refractivity contribution in [2.45, 2.75) is 24.9 Å². The lowest BCUT2D eigenvalue weighted by Gasteiger charge is -2.03. The van der Waals surface area contributed by atoms with E-state index in [-0.39, 0.29) is 5.01 Å². The highest BCUT2D eigenvalue weighted by Crippen LogP contribution is 2.42. The summed E-state index contributed by atoms with van der Waals surface area (Å²) in [6.07, 6.45) is -2.61. The second-order valence-corrected chi connectivity index (χ2v) is 5.90. The highest BCUT2D eigenvalue weighted by Gasteiger charge is 2.39. The van der Waals surface area contributed by atoms with Crippen LogP contribution < -0.4 is 0 Å². The summed E-state index contributed by atoms with van der Waals surface area (Å²) in [6, 6.07) is 7.13. The van der Waals surface area contributed by atoms with Crippen LogP contribution in [0.1, 0.15) is 39.7 Å². The van der Waals surface area contributed by atoms with Crippen LogP contribution in [-0.2, 0) is 6.18 Å². The third kappa shape index (κ3) is 2.78. The van der Waals surface area contributed by atoms with Crippen LogP contribution in [0.15, 0.2) is 24.3 Å². The fourth-order valence-corrected chi connectivity index (χ4v) is 3.04. The number of aromatic carboxylic acids is 1. The molecular weight excluding hydrogens is 303 g/mol. The minimum Gasteiger partial charge on any atom is -0.477 e. The van der Waals surface area contributed by atoms with Gasteiger partial charge < -0.3 is 5.11 Å². The Morgan fingerprint density at radius 3 is 2.57 bits per heavy atom. The molecule has 3 nitrogen and oxygen atoms in total. The first-order valence-corrected chi connectivity index (χ1v) is 7.09. The van der Waals surface area contributed by atoms with Crippen molar-refractivity contribution >= 4 is 17.3 Å². The summed E-state index contributed by atoms with van der Waals surface area (Å²) in [5, 5.41) is 9.00. The molecule has 0 bridgehead atoms. The van der Waals surface area contributed by atoms with E-state index in [1.54, 1.807) is 18.2 Å². The molecule has 0 atom stereocenters. The number of hydrogen-bond acceptors (Lipinski definition) is 3. The zero-order valence-corrected chi connectivity index (χ0v) is 11.5. The zero-order chi connectivity index (χ0) is 15.2. The van der Waals surface area contributed by atoms with Gasteiger partial charge in [0.1, 0.15) is 9.88 Å². The number of carboxylic acid groups (broad SMARTS) is 1. The second-order valence-electron chi connectivity index (χ2n) is 4.90. The molecule has 1 N–H and O–H groups in total. The molecule has 1 fully saturated rings. The first-order valence-electron chi connectivity index (χ1n) is 6.28. The van der Waals surface area contributed by atoms with Gasteiger partial charge in [-0.1, -0.05) is 18.2 Å². The first kappa shape index (κ1) is 14.1. The van der Waals surface area contributed by atoms with E-state index in [1.807, 2.05) is 6.07 Å². The summed E-state index contributed by atoms with van der Waals surface area (Å²) in [4.78, 5) is 13.7. The third-order valence-corrected chi connectivity index (χ3v) is 4.36. The molecule has 1 heterocycles. The van der Waals surface area contributed by atoms with E-state index >= 15 is 0 Å². The van der Waals surface area contributed by atoms with E-state index in [0.717, 1.165) is 18.4 Å². The third-order valence-electron chi connectivity index (χ3n) is 3.27. The number of rotatable bonds is 3. The van der Waals surface area contributed by atoms with Crippen LogP contribution >= 0.6 is 11.3 Å². The van der Waals surface area contributed by atoms with Crippen molar-refractivity contribution in [2.75, 3.05) is 0 Å². The topological polar surface area (TPSA) is 50.2 Å². The average Bonchev–Trinajstić information content (AvgIpc) is 3.15. The SMILES string of the molecule is O=C(O)c1sc(-c2cccc(C3CC3)c2)nc1C(F)(F)F. The van der Waals surface area contributed by atoms with Gasteiger partial charge in [0.25, 0.3) is 0 Å². The maximum Gasteiger partial charge on any atom is 0.435 e. The maximum absolute atomic E-state index is 12.8. The van der Waals surface area contributed by atoms with Crippen molar-refractivity contribution in [2.24, 2.45) is 0 Å². The van der Waals surface area contributed by atoms with Gasteiger partial charge in [-0.25, -0.2) is 9.78 Å². The van der Waals surface area contributed by atoms with Gasteiger partial charge in [-0.15, -0.1) is 11.3 Å². The van der Waals surface area contributed by atoms with Gasteiger partial charge >= 0.3 is 12.1 Å². The molecule has 1 saturated carbocycles. The Bertz CT molecular complexity index is 704. The van der Waals surface area contributed by atoms with E-state index in [1.165, 1.54) is 0 Å². The highest BCUT2D eigenvalue weighted by atomic mass is 32.1. The molecule has 2 aromatic rings. The summed E-state index contributed by atoms with van der Waals surface area (Å²) >= 11 is 0.558. The molecule has 0 unspecified atom stereocenters. The Kier molecular flexibility index (Phi) is 3.24. The lowest BCUT2D eigenvalue weighted by Crippen LogP contribution is -2.11. The number of hydrogen-bond donors (Lipinski definition) is 1. The lowest BCUT2D eigenvalue weighted by molar-refractivity contribution is -0.141. The Labute approximate surface area is 122 Å². The van der Waals surface area contributed by atoms with E-state index in [2.05, 4.69) is 4.98 Å². The summed E-state index contributed by atoms with van der Waals surface area (Å²) in [6.45, 7) is 0. The minimum absolute atomic E-state index is 0.0854. The Morgan fingerprint density at radius 1 is 1.33 bits per heavy atom. The van der Waals surface area contributed by atoms with Crippen molar-refractivity contribution in [1.29, 1.82) is 0 Å². The monoisotopic (exact) mass is 313 g/mol. The van der Waals surface area contributed by atoms with E-state index < -0.39 is 22.7 Å². The number of aromatic nitrogens is 1. The molecule has 1 aromatic heterocycles. The number of alkyl halides is 3.